The van der Waals surface area contributed by atoms with E-state index in [2.05, 4.69) is 6.92 Å². The maximum atomic E-state index is 14.5. The van der Waals surface area contributed by atoms with Crippen molar-refractivity contribution in [1.29, 1.82) is 0 Å². The fourth-order valence-corrected chi connectivity index (χ4v) is 6.93. The van der Waals surface area contributed by atoms with E-state index in [0.29, 0.717) is 36.2 Å². The summed E-state index contributed by atoms with van der Waals surface area (Å²) >= 11 is 0. The van der Waals surface area contributed by atoms with E-state index in [9.17, 15) is 8.78 Å². The van der Waals surface area contributed by atoms with Crippen molar-refractivity contribution in [3.05, 3.63) is 34.9 Å². The van der Waals surface area contributed by atoms with Crippen LogP contribution in [0, 0.1) is 35.3 Å². The van der Waals surface area contributed by atoms with Gasteiger partial charge >= 0.3 is 0 Å². The molecule has 3 fully saturated rings. The smallest absolute Gasteiger partial charge is 0.162 e. The number of aryl methyl sites for hydroxylation is 1. The Morgan fingerprint density at radius 2 is 1.42 bits per heavy atom. The van der Waals surface area contributed by atoms with Gasteiger partial charge in [0.25, 0.3) is 0 Å². The third-order valence-corrected chi connectivity index (χ3v) is 8.92. The number of hydrogen-bond donors (Lipinski definition) is 0. The molecule has 1 nitrogen and oxygen atoms in total. The molecule has 0 aromatic heterocycles. The van der Waals surface area contributed by atoms with Crippen LogP contribution in [0.25, 0.3) is 0 Å². The van der Waals surface area contributed by atoms with Crippen molar-refractivity contribution in [2.24, 2.45) is 23.7 Å². The van der Waals surface area contributed by atoms with Crippen molar-refractivity contribution in [1.82, 2.24) is 0 Å². The van der Waals surface area contributed by atoms with Crippen molar-refractivity contribution in [3.63, 3.8) is 0 Å². The second kappa shape index (κ2) is 10.8. The van der Waals surface area contributed by atoms with Gasteiger partial charge < -0.3 is 4.74 Å². The highest BCUT2D eigenvalue weighted by Crippen LogP contribution is 2.44. The first-order valence-electron chi connectivity index (χ1n) is 13.2. The van der Waals surface area contributed by atoms with Crippen LogP contribution in [0.1, 0.15) is 108 Å². The Morgan fingerprint density at radius 1 is 0.774 bits per heavy atom. The topological polar surface area (TPSA) is 9.23 Å². The molecule has 0 spiro atoms. The molecule has 0 N–H and O–H groups in total. The van der Waals surface area contributed by atoms with E-state index >= 15 is 0 Å². The third-order valence-electron chi connectivity index (χ3n) is 8.92. The third kappa shape index (κ3) is 5.34. The standard InChI is InChI=1S/C28H42F2O/c1-3-5-19-6-8-21(9-7-19)22-10-12-23(13-11-22)26-17-15-24(18-31-26)25-16-14-20(4-2)27(29)28(25)30/h14,16,19,21-24,26H,3-13,15,17-18H2,1-2H3. The van der Waals surface area contributed by atoms with Gasteiger partial charge in [-0.25, -0.2) is 8.78 Å². The van der Waals surface area contributed by atoms with E-state index in [-0.39, 0.29) is 5.92 Å². The maximum absolute atomic E-state index is 14.5. The average molecular weight is 433 g/mol. The monoisotopic (exact) mass is 432 g/mol. The van der Waals surface area contributed by atoms with Crippen molar-refractivity contribution in [2.75, 3.05) is 6.61 Å². The molecule has 3 heteroatoms. The zero-order valence-electron chi connectivity index (χ0n) is 19.7. The summed E-state index contributed by atoms with van der Waals surface area (Å²) in [6, 6.07) is 3.53. The highest BCUT2D eigenvalue weighted by atomic mass is 19.2. The quantitative estimate of drug-likeness (QED) is 0.440. The van der Waals surface area contributed by atoms with E-state index < -0.39 is 11.6 Å². The van der Waals surface area contributed by atoms with Crippen LogP contribution in [0.2, 0.25) is 0 Å². The molecule has 1 saturated heterocycles. The first kappa shape index (κ1) is 23.2. The van der Waals surface area contributed by atoms with Crippen LogP contribution in [0.4, 0.5) is 8.78 Å². The summed E-state index contributed by atoms with van der Waals surface area (Å²) < 4.78 is 35.0. The minimum absolute atomic E-state index is 0.00806. The van der Waals surface area contributed by atoms with Gasteiger partial charge in [-0.05, 0) is 92.6 Å². The number of benzene rings is 1. The lowest BCUT2D eigenvalue weighted by Gasteiger charge is -2.41. The van der Waals surface area contributed by atoms with Gasteiger partial charge in [0.15, 0.2) is 11.6 Å². The fourth-order valence-electron chi connectivity index (χ4n) is 6.93. The summed E-state index contributed by atoms with van der Waals surface area (Å²) in [5.74, 6) is 2.24. The normalized spacial score (nSPS) is 34.6. The lowest BCUT2D eigenvalue weighted by molar-refractivity contribution is -0.0469. The van der Waals surface area contributed by atoms with Crippen LogP contribution >= 0.6 is 0 Å². The summed E-state index contributed by atoms with van der Waals surface area (Å²) in [6.07, 6.45) is 16.7. The summed E-state index contributed by atoms with van der Waals surface area (Å²) in [4.78, 5) is 0. The number of ether oxygens (including phenoxy) is 1. The van der Waals surface area contributed by atoms with Crippen LogP contribution in [0.15, 0.2) is 12.1 Å². The zero-order valence-corrected chi connectivity index (χ0v) is 19.7. The summed E-state index contributed by atoms with van der Waals surface area (Å²) in [5, 5.41) is 0. The van der Waals surface area contributed by atoms with Crippen LogP contribution in [-0.2, 0) is 11.2 Å². The predicted molar refractivity (Wildman–Crippen MR) is 123 cm³/mol. The first-order valence-corrected chi connectivity index (χ1v) is 13.2. The lowest BCUT2D eigenvalue weighted by atomic mass is 9.67. The number of hydrogen-bond acceptors (Lipinski definition) is 1. The van der Waals surface area contributed by atoms with Crippen molar-refractivity contribution in [2.45, 2.75) is 109 Å². The Hall–Kier alpha value is -0.960. The molecular weight excluding hydrogens is 390 g/mol. The van der Waals surface area contributed by atoms with Gasteiger partial charge in [0.05, 0.1) is 12.7 Å². The summed E-state index contributed by atoms with van der Waals surface area (Å²) in [5.41, 5.74) is 0.974. The van der Waals surface area contributed by atoms with Crippen molar-refractivity contribution >= 4 is 0 Å². The van der Waals surface area contributed by atoms with Gasteiger partial charge in [0, 0.05) is 5.92 Å². The summed E-state index contributed by atoms with van der Waals surface area (Å²) in [6.45, 7) is 4.71. The molecule has 1 aromatic rings. The molecule has 1 heterocycles. The van der Waals surface area contributed by atoms with E-state index in [1.54, 1.807) is 12.1 Å². The summed E-state index contributed by atoms with van der Waals surface area (Å²) in [7, 11) is 0. The van der Waals surface area contributed by atoms with Gasteiger partial charge in [-0.3, -0.25) is 0 Å². The van der Waals surface area contributed by atoms with E-state index in [4.69, 9.17) is 4.74 Å². The van der Waals surface area contributed by atoms with Crippen LogP contribution in [0.5, 0.6) is 0 Å². The van der Waals surface area contributed by atoms with Gasteiger partial charge in [-0.1, -0.05) is 51.7 Å². The molecule has 0 amide bonds. The highest BCUT2D eigenvalue weighted by molar-refractivity contribution is 5.29. The minimum atomic E-state index is -0.663. The molecule has 0 bridgehead atoms. The first-order chi connectivity index (χ1) is 15.1. The molecule has 2 aliphatic carbocycles. The molecule has 3 aliphatic rings. The molecule has 2 atom stereocenters. The van der Waals surface area contributed by atoms with Crippen molar-refractivity contribution < 1.29 is 13.5 Å². The van der Waals surface area contributed by atoms with E-state index in [0.717, 1.165) is 30.6 Å². The van der Waals surface area contributed by atoms with Crippen molar-refractivity contribution in [3.8, 4) is 0 Å². The largest absolute Gasteiger partial charge is 0.377 e. The van der Waals surface area contributed by atoms with E-state index in [1.165, 1.54) is 64.2 Å². The Bertz CT molecular complexity index is 693. The Labute approximate surface area is 188 Å². The molecule has 1 aromatic carbocycles. The number of rotatable bonds is 6. The molecule has 1 aliphatic heterocycles. The molecule has 31 heavy (non-hydrogen) atoms. The van der Waals surface area contributed by atoms with Gasteiger partial charge in [-0.2, -0.15) is 0 Å². The maximum Gasteiger partial charge on any atom is 0.162 e. The van der Waals surface area contributed by atoms with Gasteiger partial charge in [-0.15, -0.1) is 0 Å². The molecular formula is C28H42F2O. The van der Waals surface area contributed by atoms with Gasteiger partial charge in [0.1, 0.15) is 0 Å². The minimum Gasteiger partial charge on any atom is -0.377 e. The average Bonchev–Trinajstić information content (AvgIpc) is 2.82. The Balaban J connectivity index is 1.23. The van der Waals surface area contributed by atoms with Crippen LogP contribution in [-0.4, -0.2) is 12.7 Å². The molecule has 174 valence electrons. The van der Waals surface area contributed by atoms with Gasteiger partial charge in [0.2, 0.25) is 0 Å². The Kier molecular flexibility index (Phi) is 8.06. The molecule has 2 saturated carbocycles. The van der Waals surface area contributed by atoms with Crippen LogP contribution < -0.4 is 0 Å². The van der Waals surface area contributed by atoms with E-state index in [1.807, 2.05) is 6.92 Å². The molecule has 4 rings (SSSR count). The fraction of sp³-hybridized carbons (Fsp3) is 0.786. The molecule has 2 unspecified atom stereocenters. The molecule has 0 radical (unpaired) electrons. The lowest BCUT2D eigenvalue weighted by Crippen LogP contribution is -2.35. The van der Waals surface area contributed by atoms with Crippen LogP contribution in [0.3, 0.4) is 0 Å². The highest BCUT2D eigenvalue weighted by Gasteiger charge is 2.36. The second-order valence-electron chi connectivity index (χ2n) is 10.7. The Morgan fingerprint density at radius 3 is 2.00 bits per heavy atom. The predicted octanol–water partition coefficient (Wildman–Crippen LogP) is 8.20. The SMILES string of the molecule is CCCC1CCC(C2CCC(C3CCC(c4ccc(CC)c(F)c4F)CO3)CC2)CC1. The second-order valence-corrected chi connectivity index (χ2v) is 10.7. The number of halogens is 2. The zero-order chi connectivity index (χ0) is 21.8.